The van der Waals surface area contributed by atoms with Crippen LogP contribution in [0.15, 0.2) is 66.9 Å². The number of carbonyl (C=O) groups excluding carboxylic acids is 2. The van der Waals surface area contributed by atoms with Gasteiger partial charge in [-0.1, -0.05) is 17.7 Å². The number of nitrogens with one attached hydrogen (secondary N) is 2. The van der Waals surface area contributed by atoms with E-state index < -0.39 is 29.0 Å². The van der Waals surface area contributed by atoms with E-state index >= 15 is 4.39 Å². The van der Waals surface area contributed by atoms with Crippen LogP contribution in [0.3, 0.4) is 0 Å². The molecule has 0 atom stereocenters. The molecule has 0 spiro atoms. The summed E-state index contributed by atoms with van der Waals surface area (Å²) in [7, 11) is 1.50. The zero-order chi connectivity index (χ0) is 32.0. The number of anilines is 2. The molecular weight excluding hydrogens is 628 g/mol. The topological polar surface area (TPSA) is 136 Å². The van der Waals surface area contributed by atoms with E-state index in [1.807, 2.05) is 0 Å². The molecule has 236 valence electrons. The molecule has 46 heavy (non-hydrogen) atoms. The van der Waals surface area contributed by atoms with Gasteiger partial charge in [0.05, 0.1) is 19.2 Å². The monoisotopic (exact) mass is 659 g/mol. The van der Waals surface area contributed by atoms with Crippen LogP contribution >= 0.6 is 11.6 Å². The average Bonchev–Trinajstić information content (AvgIpc) is 3.82. The number of rotatable bonds is 14. The normalized spacial score (nSPS) is 12.8. The molecule has 1 heterocycles. The molecule has 5 rings (SSSR count). The third kappa shape index (κ3) is 8.47. The van der Waals surface area contributed by atoms with E-state index in [9.17, 15) is 14.4 Å². The van der Waals surface area contributed by atoms with Crippen LogP contribution in [0.1, 0.15) is 40.0 Å². The Kier molecular flexibility index (Phi) is 11.9. The number of nitrogens with zero attached hydrogens (tertiary/aromatic N) is 1. The molecule has 3 aromatic carbocycles. The molecule has 0 saturated heterocycles. The molecule has 2 amide bonds. The van der Waals surface area contributed by atoms with Crippen molar-refractivity contribution in [2.24, 2.45) is 5.41 Å². The number of fused-ring (bicyclic) bond motifs is 1. The number of carboxylic acids is 1. The molecule has 1 saturated carbocycles. The minimum absolute atomic E-state index is 0. The zero-order valence-electron chi connectivity index (χ0n) is 26.4. The van der Waals surface area contributed by atoms with Crippen molar-refractivity contribution in [3.63, 3.8) is 0 Å². The number of halogens is 2. The van der Waals surface area contributed by atoms with E-state index in [1.165, 1.54) is 25.4 Å². The van der Waals surface area contributed by atoms with E-state index in [-0.39, 0.29) is 48.8 Å². The first-order valence-corrected chi connectivity index (χ1v) is 14.7. The minimum Gasteiger partial charge on any atom is -1.00 e. The van der Waals surface area contributed by atoms with Gasteiger partial charge < -0.3 is 31.4 Å². The third-order valence-electron chi connectivity index (χ3n) is 7.39. The molecule has 10 nitrogen and oxygen atoms in total. The summed E-state index contributed by atoms with van der Waals surface area (Å²) in [5.74, 6) is -1.39. The molecule has 1 aliphatic carbocycles. The quantitative estimate of drug-likeness (QED) is 0.103. The van der Waals surface area contributed by atoms with E-state index in [1.54, 1.807) is 42.5 Å². The Bertz CT molecular complexity index is 1760. The number of hydrogen-bond acceptors (Lipinski definition) is 7. The number of pyridine rings is 1. The Labute approximate surface area is 293 Å². The van der Waals surface area contributed by atoms with E-state index in [4.69, 9.17) is 30.9 Å². The molecule has 13 heteroatoms. The summed E-state index contributed by atoms with van der Waals surface area (Å²) in [6.07, 6.45) is 4.35. The van der Waals surface area contributed by atoms with E-state index in [2.05, 4.69) is 15.6 Å². The number of unbranched alkanes of at least 4 members (excludes halogenated alkanes) is 2. The zero-order valence-corrected chi connectivity index (χ0v) is 28.2. The molecule has 1 fully saturated rings. The molecule has 0 bridgehead atoms. The molecular formula is C33H32ClFN3NaO7. The fourth-order valence-corrected chi connectivity index (χ4v) is 4.95. The maximum absolute atomic E-state index is 15.2. The van der Waals surface area contributed by atoms with E-state index in [0.717, 1.165) is 6.07 Å². The minimum atomic E-state index is -1.24. The van der Waals surface area contributed by atoms with Gasteiger partial charge in [0.1, 0.15) is 11.2 Å². The van der Waals surface area contributed by atoms with Crippen molar-refractivity contribution < 1.29 is 69.1 Å². The molecule has 0 radical (unpaired) electrons. The predicted molar refractivity (Wildman–Crippen MR) is 168 cm³/mol. The number of aliphatic carboxylic acids is 1. The van der Waals surface area contributed by atoms with Crippen LogP contribution in [-0.2, 0) is 14.4 Å². The fourth-order valence-electron chi connectivity index (χ4n) is 4.76. The summed E-state index contributed by atoms with van der Waals surface area (Å²) in [6, 6.07) is 15.6. The number of benzene rings is 3. The third-order valence-corrected chi connectivity index (χ3v) is 7.63. The second-order valence-corrected chi connectivity index (χ2v) is 11.1. The van der Waals surface area contributed by atoms with Gasteiger partial charge in [0.25, 0.3) is 0 Å². The van der Waals surface area contributed by atoms with Gasteiger partial charge in [-0.25, -0.2) is 4.39 Å². The Morgan fingerprint density at radius 3 is 2.33 bits per heavy atom. The Morgan fingerprint density at radius 1 is 0.935 bits per heavy atom. The van der Waals surface area contributed by atoms with Crippen LogP contribution in [-0.4, -0.2) is 41.6 Å². The number of carbonyl (C=O) groups is 3. The van der Waals surface area contributed by atoms with Crippen LogP contribution < -0.4 is 54.4 Å². The van der Waals surface area contributed by atoms with Gasteiger partial charge in [0.2, 0.25) is 11.8 Å². The maximum atomic E-state index is 15.2. The maximum Gasteiger partial charge on any atom is 1.00 e. The van der Waals surface area contributed by atoms with Crippen LogP contribution in [0.5, 0.6) is 23.0 Å². The molecule has 0 aliphatic heterocycles. The molecule has 4 aromatic rings. The van der Waals surface area contributed by atoms with Gasteiger partial charge in [-0.3, -0.25) is 19.4 Å². The molecule has 1 aliphatic rings. The Hall–Kier alpha value is -3.90. The number of hydrogen-bond donors (Lipinski definition) is 3. The van der Waals surface area contributed by atoms with Crippen LogP contribution in [0, 0.1) is 11.2 Å². The van der Waals surface area contributed by atoms with Gasteiger partial charge in [0, 0.05) is 46.5 Å². The van der Waals surface area contributed by atoms with Crippen molar-refractivity contribution >= 4 is 51.7 Å². The van der Waals surface area contributed by atoms with Crippen molar-refractivity contribution in [1.82, 2.24) is 4.98 Å². The van der Waals surface area contributed by atoms with Crippen LogP contribution in [0.2, 0.25) is 5.02 Å². The summed E-state index contributed by atoms with van der Waals surface area (Å²) < 4.78 is 32.5. The standard InChI is InChI=1S/C33H31ClFN3O7.Na.H/c1-43-28-18-23-25(19-29(28)44-15-4-2-3-8-30(39)40)36-14-11-26(23)45-27-10-9-22(17-24(27)35)38-32(42)33(12-13-33)31(41)37-21-7-5-6-20(34)16-21;;/h5-7,9-11,14,16-19H,2-4,8,12-13,15H2,1H3,(H,37,41)(H,38,42)(H,39,40);;/q;+1;-1. The molecule has 0 unspecified atom stereocenters. The summed E-state index contributed by atoms with van der Waals surface area (Å²) in [5, 5.41) is 15.2. The summed E-state index contributed by atoms with van der Waals surface area (Å²) in [4.78, 5) is 41.0. The smallest absolute Gasteiger partial charge is 1.00 e. The van der Waals surface area contributed by atoms with Crippen molar-refractivity contribution in [3.05, 3.63) is 77.7 Å². The van der Waals surface area contributed by atoms with Gasteiger partial charge in [-0.15, -0.1) is 0 Å². The van der Waals surface area contributed by atoms with Gasteiger partial charge >= 0.3 is 35.5 Å². The number of amides is 2. The molecule has 1 aromatic heterocycles. The number of carboxylic acid groups (broad SMARTS) is 1. The summed E-state index contributed by atoms with van der Waals surface area (Å²) >= 11 is 5.99. The first kappa shape index (κ1) is 35.0. The first-order valence-electron chi connectivity index (χ1n) is 14.4. The number of aromatic nitrogens is 1. The van der Waals surface area contributed by atoms with Crippen molar-refractivity contribution in [3.8, 4) is 23.0 Å². The molecule has 3 N–H and O–H groups in total. The van der Waals surface area contributed by atoms with Gasteiger partial charge in [0.15, 0.2) is 23.1 Å². The fraction of sp³-hybridized carbons (Fsp3) is 0.273. The average molecular weight is 660 g/mol. The summed E-state index contributed by atoms with van der Waals surface area (Å²) in [5.41, 5.74) is -0.0534. The summed E-state index contributed by atoms with van der Waals surface area (Å²) in [6.45, 7) is 0.374. The van der Waals surface area contributed by atoms with Gasteiger partial charge in [-0.05, 0) is 74.6 Å². The van der Waals surface area contributed by atoms with Gasteiger partial charge in [-0.2, -0.15) is 0 Å². The number of methoxy groups -OCH3 is 1. The van der Waals surface area contributed by atoms with Crippen molar-refractivity contribution in [1.29, 1.82) is 0 Å². The van der Waals surface area contributed by atoms with E-state index in [0.29, 0.717) is 77.6 Å². The predicted octanol–water partition coefficient (Wildman–Crippen LogP) is 4.33. The Balaban J connectivity index is 0.00000300. The van der Waals surface area contributed by atoms with Crippen molar-refractivity contribution in [2.45, 2.75) is 38.5 Å². The second kappa shape index (κ2) is 15.6. The van der Waals surface area contributed by atoms with Crippen LogP contribution in [0.25, 0.3) is 10.9 Å². The largest absolute Gasteiger partial charge is 1.00 e. The second-order valence-electron chi connectivity index (χ2n) is 10.6. The number of ether oxygens (including phenoxy) is 3. The SMILES string of the molecule is COc1cc2c(Oc3ccc(NC(=O)C4(C(=O)Nc5cccc(Cl)c5)CC4)cc3F)ccnc2cc1OCCCCCC(=O)O.[H-].[Na+]. The first-order chi connectivity index (χ1) is 21.7. The Morgan fingerprint density at radius 2 is 1.67 bits per heavy atom. The van der Waals surface area contributed by atoms with Crippen molar-refractivity contribution in [2.75, 3.05) is 24.4 Å². The van der Waals surface area contributed by atoms with Crippen LogP contribution in [0.4, 0.5) is 15.8 Å².